The lowest BCUT2D eigenvalue weighted by atomic mass is 10.2. The number of methoxy groups -OCH3 is 1. The van der Waals surface area contributed by atoms with Gasteiger partial charge in [-0.1, -0.05) is 17.7 Å². The minimum atomic E-state index is -4.05. The van der Waals surface area contributed by atoms with Crippen molar-refractivity contribution in [2.75, 3.05) is 49.0 Å². The van der Waals surface area contributed by atoms with Crippen LogP contribution in [0, 0.1) is 12.7 Å². The van der Waals surface area contributed by atoms with Crippen molar-refractivity contribution in [1.82, 2.24) is 4.90 Å². The van der Waals surface area contributed by atoms with Crippen LogP contribution in [0.4, 0.5) is 15.8 Å². The highest BCUT2D eigenvalue weighted by Crippen LogP contribution is 2.31. The second-order valence-electron chi connectivity index (χ2n) is 8.49. The van der Waals surface area contributed by atoms with Gasteiger partial charge in [-0.25, -0.2) is 12.8 Å². The maximum Gasteiger partial charge on any atom is 0.264 e. The number of ether oxygens (including phenoxy) is 1. The largest absolute Gasteiger partial charge is 0.496 e. The molecule has 1 fully saturated rings. The lowest BCUT2D eigenvalue weighted by Crippen LogP contribution is -2.52. The van der Waals surface area contributed by atoms with Crippen LogP contribution in [-0.2, 0) is 14.8 Å². The van der Waals surface area contributed by atoms with Gasteiger partial charge < -0.3 is 14.5 Å². The van der Waals surface area contributed by atoms with E-state index in [-0.39, 0.29) is 23.2 Å². The molecule has 1 aliphatic rings. The summed E-state index contributed by atoms with van der Waals surface area (Å²) in [5, 5.41) is 0. The zero-order valence-corrected chi connectivity index (χ0v) is 22.4. The van der Waals surface area contributed by atoms with Crippen LogP contribution < -0.4 is 13.9 Å². The molecule has 0 radical (unpaired) electrons. The monoisotopic (exact) mass is 575 g/mol. The van der Waals surface area contributed by atoms with Crippen molar-refractivity contribution in [3.05, 3.63) is 82.6 Å². The molecule has 0 atom stereocenters. The summed E-state index contributed by atoms with van der Waals surface area (Å²) in [7, 11) is -2.55. The molecule has 0 saturated carbocycles. The Balaban J connectivity index is 1.55. The SMILES string of the molecule is COc1ccc(S(=O)(=O)N(CC(=O)N2CCN(c3ccc(F)cc3)CC2)c2ccc(C)cc2)cc1Br. The second kappa shape index (κ2) is 10.9. The molecule has 0 unspecified atom stereocenters. The first kappa shape index (κ1) is 26.0. The first-order chi connectivity index (χ1) is 17.2. The third kappa shape index (κ3) is 5.65. The van der Waals surface area contributed by atoms with Gasteiger partial charge in [0.15, 0.2) is 0 Å². The minimum Gasteiger partial charge on any atom is -0.496 e. The Hall–Kier alpha value is -3.11. The zero-order chi connectivity index (χ0) is 25.9. The molecule has 0 spiro atoms. The first-order valence-electron chi connectivity index (χ1n) is 11.4. The van der Waals surface area contributed by atoms with Crippen LogP contribution in [0.5, 0.6) is 5.75 Å². The quantitative estimate of drug-likeness (QED) is 0.416. The van der Waals surface area contributed by atoms with E-state index in [0.29, 0.717) is 42.1 Å². The summed E-state index contributed by atoms with van der Waals surface area (Å²) < 4.78 is 47.5. The highest BCUT2D eigenvalue weighted by molar-refractivity contribution is 9.10. The number of halogens is 2. The van der Waals surface area contributed by atoms with Crippen LogP contribution >= 0.6 is 15.9 Å². The maximum atomic E-state index is 13.7. The second-order valence-corrected chi connectivity index (χ2v) is 11.2. The fourth-order valence-electron chi connectivity index (χ4n) is 4.05. The molecule has 1 heterocycles. The molecule has 1 saturated heterocycles. The van der Waals surface area contributed by atoms with E-state index in [1.54, 1.807) is 35.2 Å². The van der Waals surface area contributed by atoms with Crippen molar-refractivity contribution in [3.8, 4) is 5.75 Å². The van der Waals surface area contributed by atoms with E-state index in [9.17, 15) is 17.6 Å². The molecule has 36 heavy (non-hydrogen) atoms. The third-order valence-corrected chi connectivity index (χ3v) is 8.53. The molecular formula is C26H27BrFN3O4S. The summed E-state index contributed by atoms with van der Waals surface area (Å²) in [6, 6.07) is 17.8. The van der Waals surface area contributed by atoms with Gasteiger partial charge in [0.25, 0.3) is 10.0 Å². The fourth-order valence-corrected chi connectivity index (χ4v) is 6.18. The number of sulfonamides is 1. The zero-order valence-electron chi connectivity index (χ0n) is 20.0. The number of piperazine rings is 1. The van der Waals surface area contributed by atoms with E-state index in [1.807, 2.05) is 19.1 Å². The van der Waals surface area contributed by atoms with Crippen molar-refractivity contribution < 1.29 is 22.3 Å². The predicted molar refractivity (Wildman–Crippen MR) is 142 cm³/mol. The number of hydrogen-bond donors (Lipinski definition) is 0. The Bertz CT molecular complexity index is 1330. The van der Waals surface area contributed by atoms with Crippen molar-refractivity contribution in [2.45, 2.75) is 11.8 Å². The standard InChI is InChI=1S/C26H27BrFN3O4S/c1-19-3-7-22(8-4-19)31(36(33,34)23-11-12-25(35-2)24(27)17-23)18-26(32)30-15-13-29(14-16-30)21-9-5-20(28)6-10-21/h3-12,17H,13-16,18H2,1-2H3. The van der Waals surface area contributed by atoms with Crippen molar-refractivity contribution in [1.29, 1.82) is 0 Å². The molecular weight excluding hydrogens is 549 g/mol. The smallest absolute Gasteiger partial charge is 0.264 e. The molecule has 0 bridgehead atoms. The summed E-state index contributed by atoms with van der Waals surface area (Å²) in [4.78, 5) is 17.1. The topological polar surface area (TPSA) is 70.2 Å². The molecule has 3 aromatic carbocycles. The summed E-state index contributed by atoms with van der Waals surface area (Å²) in [6.45, 7) is 3.60. The molecule has 1 aliphatic heterocycles. The average molecular weight is 576 g/mol. The van der Waals surface area contributed by atoms with E-state index in [2.05, 4.69) is 20.8 Å². The third-order valence-electron chi connectivity index (χ3n) is 6.14. The summed E-state index contributed by atoms with van der Waals surface area (Å²) in [5.74, 6) is -0.0784. The van der Waals surface area contributed by atoms with E-state index in [1.165, 1.54) is 31.4 Å². The number of aryl methyl sites for hydroxylation is 1. The van der Waals surface area contributed by atoms with Gasteiger partial charge in [0.05, 0.1) is 22.2 Å². The van der Waals surface area contributed by atoms with Gasteiger partial charge in [-0.2, -0.15) is 0 Å². The number of rotatable bonds is 7. The fraction of sp³-hybridized carbons (Fsp3) is 0.269. The maximum absolute atomic E-state index is 13.7. The number of benzene rings is 3. The molecule has 10 heteroatoms. The molecule has 0 aromatic heterocycles. The summed E-state index contributed by atoms with van der Waals surface area (Å²) >= 11 is 3.35. The highest BCUT2D eigenvalue weighted by atomic mass is 79.9. The van der Waals surface area contributed by atoms with Gasteiger partial charge in [0.1, 0.15) is 18.1 Å². The van der Waals surface area contributed by atoms with Crippen LogP contribution in [0.15, 0.2) is 76.1 Å². The van der Waals surface area contributed by atoms with E-state index in [4.69, 9.17) is 4.74 Å². The van der Waals surface area contributed by atoms with Gasteiger partial charge in [-0.05, 0) is 77.5 Å². The number of anilines is 2. The van der Waals surface area contributed by atoms with Crippen LogP contribution in [0.3, 0.4) is 0 Å². The number of amides is 1. The first-order valence-corrected chi connectivity index (χ1v) is 13.6. The van der Waals surface area contributed by atoms with Gasteiger partial charge in [0, 0.05) is 31.9 Å². The Morgan fingerprint density at radius 2 is 1.64 bits per heavy atom. The molecule has 190 valence electrons. The normalized spacial score (nSPS) is 14.0. The van der Waals surface area contributed by atoms with Gasteiger partial charge in [-0.15, -0.1) is 0 Å². The average Bonchev–Trinajstić information content (AvgIpc) is 2.88. The molecule has 3 aromatic rings. The lowest BCUT2D eigenvalue weighted by Gasteiger charge is -2.37. The van der Waals surface area contributed by atoms with Crippen molar-refractivity contribution >= 4 is 43.2 Å². The Labute approximate surface area is 219 Å². The molecule has 1 amide bonds. The van der Waals surface area contributed by atoms with Gasteiger partial charge >= 0.3 is 0 Å². The van der Waals surface area contributed by atoms with Crippen molar-refractivity contribution in [3.63, 3.8) is 0 Å². The van der Waals surface area contributed by atoms with Gasteiger partial charge in [0.2, 0.25) is 5.91 Å². The van der Waals surface area contributed by atoms with Crippen LogP contribution in [0.2, 0.25) is 0 Å². The Morgan fingerprint density at radius 3 is 2.22 bits per heavy atom. The van der Waals surface area contributed by atoms with Gasteiger partial charge in [-0.3, -0.25) is 9.10 Å². The van der Waals surface area contributed by atoms with Crippen LogP contribution in [0.1, 0.15) is 5.56 Å². The van der Waals surface area contributed by atoms with E-state index >= 15 is 0 Å². The number of carbonyl (C=O) groups is 1. The van der Waals surface area contributed by atoms with Crippen LogP contribution in [-0.4, -0.2) is 59.1 Å². The molecule has 4 rings (SSSR count). The van der Waals surface area contributed by atoms with Crippen LogP contribution in [0.25, 0.3) is 0 Å². The summed E-state index contributed by atoms with van der Waals surface area (Å²) in [6.07, 6.45) is 0. The van der Waals surface area contributed by atoms with E-state index in [0.717, 1.165) is 15.6 Å². The Morgan fingerprint density at radius 1 is 1.00 bits per heavy atom. The minimum absolute atomic E-state index is 0.0460. The Kier molecular flexibility index (Phi) is 7.85. The number of carbonyl (C=O) groups excluding carboxylic acids is 1. The molecule has 7 nitrogen and oxygen atoms in total. The predicted octanol–water partition coefficient (Wildman–Crippen LogP) is 4.45. The molecule has 0 aliphatic carbocycles. The number of nitrogens with zero attached hydrogens (tertiary/aromatic N) is 3. The van der Waals surface area contributed by atoms with E-state index < -0.39 is 10.0 Å². The number of hydrogen-bond acceptors (Lipinski definition) is 5. The summed E-state index contributed by atoms with van der Waals surface area (Å²) in [5.41, 5.74) is 2.27. The molecule has 0 N–H and O–H groups in total. The lowest BCUT2D eigenvalue weighted by molar-refractivity contribution is -0.129. The highest BCUT2D eigenvalue weighted by Gasteiger charge is 2.31. The van der Waals surface area contributed by atoms with Crippen molar-refractivity contribution in [2.24, 2.45) is 0 Å².